The molecule has 0 aliphatic heterocycles. The van der Waals surface area contributed by atoms with E-state index in [9.17, 15) is 38.7 Å². The van der Waals surface area contributed by atoms with Gasteiger partial charge in [0.1, 0.15) is 17.3 Å². The summed E-state index contributed by atoms with van der Waals surface area (Å²) in [4.78, 5) is 35.9. The first-order valence-electron chi connectivity index (χ1n) is 9.31. The van der Waals surface area contributed by atoms with Crippen LogP contribution in [0.3, 0.4) is 0 Å². The predicted octanol–water partition coefficient (Wildman–Crippen LogP) is 4.18. The van der Waals surface area contributed by atoms with Crippen LogP contribution < -0.4 is 4.90 Å². The average molecular weight is 444 g/mol. The van der Waals surface area contributed by atoms with Gasteiger partial charge >= 0.3 is 11.9 Å². The number of allylic oxidation sites excluding steroid dienone is 2. The van der Waals surface area contributed by atoms with Crippen molar-refractivity contribution in [2.45, 2.75) is 12.3 Å². The fourth-order valence-corrected chi connectivity index (χ4v) is 3.91. The highest BCUT2D eigenvalue weighted by Crippen LogP contribution is 2.45. The molecule has 0 saturated carbocycles. The number of carboxylic acid groups (broad SMARTS) is 2. The van der Waals surface area contributed by atoms with Gasteiger partial charge in [0.05, 0.1) is 16.5 Å². The van der Waals surface area contributed by atoms with Crippen molar-refractivity contribution in [2.24, 2.45) is 5.92 Å². The molecule has 1 aliphatic carbocycles. The van der Waals surface area contributed by atoms with Gasteiger partial charge in [0.25, 0.3) is 5.69 Å². The number of halogens is 2. The Balaban J connectivity index is 2.25. The summed E-state index contributed by atoms with van der Waals surface area (Å²) in [6.45, 7) is 1.42. The van der Waals surface area contributed by atoms with E-state index >= 15 is 0 Å². The maximum Gasteiger partial charge on any atom is 0.332 e. The van der Waals surface area contributed by atoms with Gasteiger partial charge < -0.3 is 15.1 Å². The Morgan fingerprint density at radius 3 is 2.38 bits per heavy atom. The minimum absolute atomic E-state index is 0.123. The largest absolute Gasteiger partial charge is 0.481 e. The van der Waals surface area contributed by atoms with Crippen LogP contribution in [0.5, 0.6) is 0 Å². The van der Waals surface area contributed by atoms with Gasteiger partial charge in [-0.1, -0.05) is 24.3 Å². The number of hydrogen-bond donors (Lipinski definition) is 2. The number of nitro benzene ring substituents is 1. The Kier molecular flexibility index (Phi) is 5.80. The average Bonchev–Trinajstić information content (AvgIpc) is 2.72. The van der Waals surface area contributed by atoms with Crippen LogP contribution in [0.25, 0.3) is 0 Å². The van der Waals surface area contributed by atoms with Crippen LogP contribution in [-0.4, -0.2) is 34.1 Å². The zero-order chi connectivity index (χ0) is 23.8. The van der Waals surface area contributed by atoms with Crippen LogP contribution in [0.2, 0.25) is 0 Å². The molecule has 8 nitrogen and oxygen atoms in total. The van der Waals surface area contributed by atoms with E-state index in [1.165, 1.54) is 44.3 Å². The highest BCUT2D eigenvalue weighted by atomic mass is 19.1. The van der Waals surface area contributed by atoms with E-state index in [0.717, 1.165) is 23.1 Å². The van der Waals surface area contributed by atoms with Crippen molar-refractivity contribution in [3.8, 4) is 0 Å². The van der Waals surface area contributed by atoms with Gasteiger partial charge in [0.15, 0.2) is 0 Å². The molecule has 2 aromatic rings. The molecule has 0 amide bonds. The van der Waals surface area contributed by atoms with Crippen LogP contribution in [0.1, 0.15) is 12.5 Å². The van der Waals surface area contributed by atoms with Gasteiger partial charge in [-0.3, -0.25) is 14.9 Å². The van der Waals surface area contributed by atoms with E-state index in [1.54, 1.807) is 0 Å². The topological polar surface area (TPSA) is 121 Å². The van der Waals surface area contributed by atoms with Gasteiger partial charge in [0, 0.05) is 30.2 Å². The fourth-order valence-electron chi connectivity index (χ4n) is 3.91. The zero-order valence-electron chi connectivity index (χ0n) is 17.0. The van der Waals surface area contributed by atoms with Crippen LogP contribution in [0.4, 0.5) is 25.8 Å². The molecule has 0 fully saturated rings. The number of nitrogens with zero attached hydrogens (tertiary/aromatic N) is 2. The maximum atomic E-state index is 14.4. The van der Waals surface area contributed by atoms with E-state index in [1.807, 2.05) is 0 Å². The van der Waals surface area contributed by atoms with E-state index < -0.39 is 45.5 Å². The van der Waals surface area contributed by atoms with Gasteiger partial charge in [-0.15, -0.1) is 0 Å². The molecular formula is C22H18F2N2O6. The van der Waals surface area contributed by atoms with Crippen molar-refractivity contribution in [3.63, 3.8) is 0 Å². The summed E-state index contributed by atoms with van der Waals surface area (Å²) in [7, 11) is 1.33. The SMILES string of the molecule is CN(c1ccc(F)cc1F)c1cc(C2(C)C(C(=O)O)=CC=CC2C(=O)O)ccc1[N+](=O)[O-]. The standard InChI is InChI=1S/C22H18F2N2O6/c1-22(14(20(27)28)4-3-5-15(22)21(29)30)12-6-8-18(26(31)32)19(10-12)25(2)17-9-7-13(23)11-16(17)24/h3-11,14H,1-2H3,(H,27,28)(H,29,30). The lowest BCUT2D eigenvalue weighted by Crippen LogP contribution is -2.42. The fraction of sp³-hybridized carbons (Fsp3) is 0.182. The van der Waals surface area contributed by atoms with Crippen LogP contribution >= 0.6 is 0 Å². The van der Waals surface area contributed by atoms with E-state index in [0.29, 0.717) is 6.07 Å². The Morgan fingerprint density at radius 1 is 1.12 bits per heavy atom. The number of benzene rings is 2. The summed E-state index contributed by atoms with van der Waals surface area (Å²) >= 11 is 0. The Bertz CT molecular complexity index is 1190. The summed E-state index contributed by atoms with van der Waals surface area (Å²) in [5.74, 6) is -5.70. The number of nitro groups is 1. The molecule has 0 aromatic heterocycles. The molecule has 0 saturated heterocycles. The summed E-state index contributed by atoms with van der Waals surface area (Å²) < 4.78 is 27.7. The molecule has 2 N–H and O–H groups in total. The van der Waals surface area contributed by atoms with Crippen molar-refractivity contribution in [2.75, 3.05) is 11.9 Å². The van der Waals surface area contributed by atoms with Gasteiger partial charge in [0.2, 0.25) is 0 Å². The molecular weight excluding hydrogens is 426 g/mol. The van der Waals surface area contributed by atoms with E-state index in [2.05, 4.69) is 0 Å². The van der Waals surface area contributed by atoms with Crippen molar-refractivity contribution >= 4 is 29.0 Å². The summed E-state index contributed by atoms with van der Waals surface area (Å²) in [6.07, 6.45) is 3.93. The van der Waals surface area contributed by atoms with Gasteiger partial charge in [-0.2, -0.15) is 0 Å². The predicted molar refractivity (Wildman–Crippen MR) is 111 cm³/mol. The lowest BCUT2D eigenvalue weighted by molar-refractivity contribution is -0.384. The first-order valence-corrected chi connectivity index (χ1v) is 9.31. The third-order valence-electron chi connectivity index (χ3n) is 5.65. The zero-order valence-corrected chi connectivity index (χ0v) is 17.0. The van der Waals surface area contributed by atoms with E-state index in [4.69, 9.17) is 0 Å². The lowest BCUT2D eigenvalue weighted by Gasteiger charge is -2.37. The highest BCUT2D eigenvalue weighted by Gasteiger charge is 2.46. The number of aliphatic carboxylic acids is 2. The molecule has 0 heterocycles. The van der Waals surface area contributed by atoms with Crippen molar-refractivity contribution < 1.29 is 33.5 Å². The van der Waals surface area contributed by atoms with Crippen LogP contribution in [0, 0.1) is 27.7 Å². The number of anilines is 2. The Labute approximate surface area is 180 Å². The second kappa shape index (κ2) is 8.22. The third kappa shape index (κ3) is 3.70. The smallest absolute Gasteiger partial charge is 0.332 e. The molecule has 0 bridgehead atoms. The molecule has 3 rings (SSSR count). The molecule has 32 heavy (non-hydrogen) atoms. The molecule has 2 atom stereocenters. The molecule has 2 unspecified atom stereocenters. The lowest BCUT2D eigenvalue weighted by atomic mass is 9.64. The molecule has 2 aromatic carbocycles. The van der Waals surface area contributed by atoms with Crippen LogP contribution in [-0.2, 0) is 15.0 Å². The second-order valence-corrected chi connectivity index (χ2v) is 7.40. The minimum atomic E-state index is -1.58. The summed E-state index contributed by atoms with van der Waals surface area (Å²) in [5.41, 5.74) is -2.35. The summed E-state index contributed by atoms with van der Waals surface area (Å²) in [5, 5.41) is 31.0. The highest BCUT2D eigenvalue weighted by molar-refractivity contribution is 5.94. The van der Waals surface area contributed by atoms with Crippen LogP contribution in [0.15, 0.2) is 60.2 Å². The quantitative estimate of drug-likeness (QED) is 0.506. The first kappa shape index (κ1) is 22.6. The minimum Gasteiger partial charge on any atom is -0.481 e. The Morgan fingerprint density at radius 2 is 1.81 bits per heavy atom. The molecule has 10 heteroatoms. The van der Waals surface area contributed by atoms with Gasteiger partial charge in [-0.05, 0) is 30.7 Å². The normalized spacial score (nSPS) is 19.9. The monoisotopic (exact) mass is 444 g/mol. The molecule has 1 aliphatic rings. The molecule has 0 spiro atoms. The number of rotatable bonds is 6. The van der Waals surface area contributed by atoms with Crippen molar-refractivity contribution in [1.82, 2.24) is 0 Å². The van der Waals surface area contributed by atoms with E-state index in [-0.39, 0.29) is 22.5 Å². The number of carboxylic acids is 2. The van der Waals surface area contributed by atoms with Crippen molar-refractivity contribution in [3.05, 3.63) is 87.5 Å². The van der Waals surface area contributed by atoms with Crippen molar-refractivity contribution in [1.29, 1.82) is 0 Å². The second-order valence-electron chi connectivity index (χ2n) is 7.40. The molecule has 166 valence electrons. The summed E-state index contributed by atoms with van der Waals surface area (Å²) in [6, 6.07) is 6.36. The maximum absolute atomic E-state index is 14.4. The Hall–Kier alpha value is -4.08. The number of carbonyl (C=O) groups is 2. The third-order valence-corrected chi connectivity index (χ3v) is 5.65. The number of hydrogen-bond acceptors (Lipinski definition) is 5. The van der Waals surface area contributed by atoms with Gasteiger partial charge in [-0.25, -0.2) is 13.6 Å². The first-order chi connectivity index (χ1) is 15.0. The molecule has 0 radical (unpaired) electrons.